The highest BCUT2D eigenvalue weighted by atomic mass is 35.5. The van der Waals surface area contributed by atoms with Gasteiger partial charge in [-0.2, -0.15) is 0 Å². The molecule has 0 amide bonds. The van der Waals surface area contributed by atoms with E-state index in [4.69, 9.17) is 26.3 Å². The first-order chi connectivity index (χ1) is 15.7. The van der Waals surface area contributed by atoms with E-state index in [0.29, 0.717) is 53.5 Å². The van der Waals surface area contributed by atoms with Crippen LogP contribution in [-0.4, -0.2) is 37.3 Å². The summed E-state index contributed by atoms with van der Waals surface area (Å²) < 4.78 is 9.00. The zero-order valence-electron chi connectivity index (χ0n) is 17.7. The molecule has 162 valence electrons. The summed E-state index contributed by atoms with van der Waals surface area (Å²) >= 11 is 6.05. The average Bonchev–Trinajstić information content (AvgIpc) is 3.11. The van der Waals surface area contributed by atoms with Gasteiger partial charge in [-0.3, -0.25) is 9.36 Å². The molecule has 8 heteroatoms. The highest BCUT2D eigenvalue weighted by Crippen LogP contribution is 2.26. The lowest BCUT2D eigenvalue weighted by Gasteiger charge is -2.08. The number of aryl methyl sites for hydroxylation is 1. The van der Waals surface area contributed by atoms with Gasteiger partial charge < -0.3 is 9.30 Å². The lowest BCUT2D eigenvalue weighted by atomic mass is 10.2. The van der Waals surface area contributed by atoms with Gasteiger partial charge in [0, 0.05) is 24.8 Å². The number of fused-ring (bicyclic) bond motifs is 4. The van der Waals surface area contributed by atoms with Crippen LogP contribution in [0.4, 0.5) is 0 Å². The second kappa shape index (κ2) is 8.68. The SMILES string of the molecule is CCOCCCn1cnc2c(c1=O)c1nc3ccccc3nc1n2Cc1ccc(Cl)cc1. The summed E-state index contributed by atoms with van der Waals surface area (Å²) in [6.45, 7) is 4.26. The predicted octanol–water partition coefficient (Wildman–Crippen LogP) is 4.42. The van der Waals surface area contributed by atoms with Gasteiger partial charge in [0.1, 0.15) is 10.9 Å². The van der Waals surface area contributed by atoms with Crippen LogP contribution in [0.5, 0.6) is 0 Å². The molecule has 0 bridgehead atoms. The monoisotopic (exact) mass is 447 g/mol. The van der Waals surface area contributed by atoms with Gasteiger partial charge >= 0.3 is 0 Å². The molecule has 5 rings (SSSR count). The van der Waals surface area contributed by atoms with Gasteiger partial charge in [-0.15, -0.1) is 0 Å². The van der Waals surface area contributed by atoms with Crippen molar-refractivity contribution in [2.24, 2.45) is 0 Å². The first kappa shape index (κ1) is 20.6. The minimum atomic E-state index is -0.115. The van der Waals surface area contributed by atoms with Gasteiger partial charge in [-0.05, 0) is 43.2 Å². The normalized spacial score (nSPS) is 11.7. The summed E-state index contributed by atoms with van der Waals surface area (Å²) in [6.07, 6.45) is 2.34. The summed E-state index contributed by atoms with van der Waals surface area (Å²) in [7, 11) is 0. The van der Waals surface area contributed by atoms with Crippen molar-refractivity contribution in [2.45, 2.75) is 26.4 Å². The number of hydrogen-bond acceptors (Lipinski definition) is 5. The molecule has 7 nitrogen and oxygen atoms in total. The minimum absolute atomic E-state index is 0.115. The molecule has 0 spiro atoms. The maximum atomic E-state index is 13.4. The molecule has 0 atom stereocenters. The number of halogens is 1. The molecule has 3 heterocycles. The van der Waals surface area contributed by atoms with Crippen molar-refractivity contribution in [2.75, 3.05) is 13.2 Å². The Kier molecular flexibility index (Phi) is 5.59. The van der Waals surface area contributed by atoms with Gasteiger partial charge in [0.15, 0.2) is 11.3 Å². The zero-order chi connectivity index (χ0) is 22.1. The number of benzene rings is 2. The Labute approximate surface area is 189 Å². The number of hydrogen-bond donors (Lipinski definition) is 0. The fourth-order valence-electron chi connectivity index (χ4n) is 3.90. The smallest absolute Gasteiger partial charge is 0.265 e. The second-order valence-electron chi connectivity index (χ2n) is 7.59. The van der Waals surface area contributed by atoms with Crippen molar-refractivity contribution >= 4 is 44.8 Å². The molecule has 0 radical (unpaired) electrons. The molecule has 0 aliphatic heterocycles. The lowest BCUT2D eigenvalue weighted by molar-refractivity contribution is 0.141. The summed E-state index contributed by atoms with van der Waals surface area (Å²) in [5.41, 5.74) is 4.24. The van der Waals surface area contributed by atoms with Crippen LogP contribution in [0, 0.1) is 0 Å². The van der Waals surface area contributed by atoms with Crippen LogP contribution in [0.15, 0.2) is 59.7 Å². The van der Waals surface area contributed by atoms with Gasteiger partial charge in [0.05, 0.1) is 23.9 Å². The fourth-order valence-corrected chi connectivity index (χ4v) is 4.03. The molecule has 32 heavy (non-hydrogen) atoms. The number of nitrogens with zero attached hydrogens (tertiary/aromatic N) is 5. The van der Waals surface area contributed by atoms with Crippen LogP contribution in [0.1, 0.15) is 18.9 Å². The third-order valence-electron chi connectivity index (χ3n) is 5.46. The molecule has 0 aliphatic rings. The van der Waals surface area contributed by atoms with E-state index in [0.717, 1.165) is 23.0 Å². The lowest BCUT2D eigenvalue weighted by Crippen LogP contribution is -2.21. The van der Waals surface area contributed by atoms with Crippen molar-refractivity contribution in [3.63, 3.8) is 0 Å². The van der Waals surface area contributed by atoms with E-state index in [2.05, 4.69) is 4.98 Å². The summed E-state index contributed by atoms with van der Waals surface area (Å²) in [4.78, 5) is 27.8. The van der Waals surface area contributed by atoms with E-state index in [-0.39, 0.29) is 5.56 Å². The second-order valence-corrected chi connectivity index (χ2v) is 8.03. The Hall–Kier alpha value is -3.29. The topological polar surface area (TPSA) is 74.8 Å². The zero-order valence-corrected chi connectivity index (χ0v) is 18.4. The molecular formula is C24H22ClN5O2. The van der Waals surface area contributed by atoms with Crippen LogP contribution in [0.2, 0.25) is 5.02 Å². The molecular weight excluding hydrogens is 426 g/mol. The van der Waals surface area contributed by atoms with Gasteiger partial charge in [0.2, 0.25) is 0 Å². The van der Waals surface area contributed by atoms with Gasteiger partial charge in [-0.25, -0.2) is 15.0 Å². The van der Waals surface area contributed by atoms with Gasteiger partial charge in [0.25, 0.3) is 5.56 Å². The highest BCUT2D eigenvalue weighted by Gasteiger charge is 2.20. The van der Waals surface area contributed by atoms with Crippen LogP contribution in [0.3, 0.4) is 0 Å². The van der Waals surface area contributed by atoms with E-state index >= 15 is 0 Å². The maximum absolute atomic E-state index is 13.4. The number of rotatable bonds is 7. The van der Waals surface area contributed by atoms with Crippen molar-refractivity contribution in [1.29, 1.82) is 0 Å². The number of aromatic nitrogens is 5. The Morgan fingerprint density at radius 2 is 1.75 bits per heavy atom. The first-order valence-corrected chi connectivity index (χ1v) is 11.0. The minimum Gasteiger partial charge on any atom is -0.382 e. The summed E-state index contributed by atoms with van der Waals surface area (Å²) in [6, 6.07) is 15.3. The fraction of sp³-hybridized carbons (Fsp3) is 0.250. The average molecular weight is 448 g/mol. The van der Waals surface area contributed by atoms with Crippen LogP contribution in [-0.2, 0) is 17.8 Å². The largest absolute Gasteiger partial charge is 0.382 e. The molecule has 0 fully saturated rings. The molecule has 0 N–H and O–H groups in total. The Morgan fingerprint density at radius 3 is 2.50 bits per heavy atom. The third kappa shape index (κ3) is 3.74. The Balaban J connectivity index is 1.71. The highest BCUT2D eigenvalue weighted by molar-refractivity contribution is 6.30. The van der Waals surface area contributed by atoms with Crippen LogP contribution < -0.4 is 5.56 Å². The quantitative estimate of drug-likeness (QED) is 0.345. The molecule has 2 aromatic carbocycles. The predicted molar refractivity (Wildman–Crippen MR) is 126 cm³/mol. The number of ether oxygens (including phenoxy) is 1. The third-order valence-corrected chi connectivity index (χ3v) is 5.72. The van der Waals surface area contributed by atoms with Crippen LogP contribution >= 0.6 is 11.6 Å². The van der Waals surface area contributed by atoms with Crippen LogP contribution in [0.25, 0.3) is 33.2 Å². The summed E-state index contributed by atoms with van der Waals surface area (Å²) in [5, 5.41) is 1.17. The van der Waals surface area contributed by atoms with Crippen molar-refractivity contribution in [3.8, 4) is 0 Å². The van der Waals surface area contributed by atoms with E-state index in [9.17, 15) is 4.79 Å². The first-order valence-electron chi connectivity index (χ1n) is 10.6. The molecule has 0 unspecified atom stereocenters. The molecule has 0 saturated carbocycles. The Morgan fingerprint density at radius 1 is 1.00 bits per heavy atom. The van der Waals surface area contributed by atoms with Crippen molar-refractivity contribution < 1.29 is 4.74 Å². The Bertz CT molecular complexity index is 1470. The molecule has 0 saturated heterocycles. The molecule has 3 aromatic heterocycles. The maximum Gasteiger partial charge on any atom is 0.265 e. The van der Waals surface area contributed by atoms with Crippen molar-refractivity contribution in [1.82, 2.24) is 24.1 Å². The van der Waals surface area contributed by atoms with Crippen molar-refractivity contribution in [3.05, 3.63) is 75.8 Å². The van der Waals surface area contributed by atoms with Gasteiger partial charge in [-0.1, -0.05) is 35.9 Å². The van der Waals surface area contributed by atoms with E-state index < -0.39 is 0 Å². The standard InChI is InChI=1S/C24H22ClN5O2/c1-2-32-13-5-12-29-15-26-22-20(24(29)31)21-23(28-19-7-4-3-6-18(19)27-21)30(22)14-16-8-10-17(25)11-9-16/h3-4,6-11,15H,2,5,12-14H2,1H3. The molecule has 5 aromatic rings. The molecule has 0 aliphatic carbocycles. The summed E-state index contributed by atoms with van der Waals surface area (Å²) in [5.74, 6) is 0. The van der Waals surface area contributed by atoms with E-state index in [1.165, 1.54) is 0 Å². The van der Waals surface area contributed by atoms with E-state index in [1.807, 2.05) is 60.0 Å². The van der Waals surface area contributed by atoms with E-state index in [1.54, 1.807) is 10.9 Å². The number of para-hydroxylation sites is 2.